The third kappa shape index (κ3) is 5.69. The van der Waals surface area contributed by atoms with Gasteiger partial charge in [0.15, 0.2) is 0 Å². The van der Waals surface area contributed by atoms with Gasteiger partial charge in [-0.25, -0.2) is 8.42 Å². The Balaban J connectivity index is 4.40. The van der Waals surface area contributed by atoms with E-state index in [-0.39, 0.29) is 31.9 Å². The van der Waals surface area contributed by atoms with Crippen molar-refractivity contribution < 1.29 is 18.3 Å². The summed E-state index contributed by atoms with van der Waals surface area (Å²) in [6.07, 6.45) is 0.133. The number of rotatable bonds is 8. The van der Waals surface area contributed by atoms with Crippen LogP contribution in [0, 0.1) is 11.3 Å². The van der Waals surface area contributed by atoms with Gasteiger partial charge in [-0.2, -0.15) is 9.57 Å². The molecule has 0 aliphatic rings. The molecule has 0 aliphatic carbocycles. The Kier molecular flexibility index (Phi) is 7.25. The van der Waals surface area contributed by atoms with E-state index in [1.54, 1.807) is 0 Å². The van der Waals surface area contributed by atoms with Gasteiger partial charge >= 0.3 is 0 Å². The first kappa shape index (κ1) is 14.3. The van der Waals surface area contributed by atoms with Gasteiger partial charge in [-0.05, 0) is 0 Å². The topological polar surface area (TPSA) is 90.6 Å². The predicted molar refractivity (Wildman–Crippen MR) is 54.6 cm³/mol. The second kappa shape index (κ2) is 7.59. The largest absolute Gasteiger partial charge is 0.395 e. The molecule has 0 heterocycles. The van der Waals surface area contributed by atoms with Crippen LogP contribution < -0.4 is 0 Å². The number of ether oxygens (including phenoxy) is 1. The van der Waals surface area contributed by atoms with E-state index in [1.165, 1.54) is 7.11 Å². The third-order valence-electron chi connectivity index (χ3n) is 1.76. The highest BCUT2D eigenvalue weighted by Gasteiger charge is 2.20. The van der Waals surface area contributed by atoms with Crippen LogP contribution in [0.2, 0.25) is 0 Å². The lowest BCUT2D eigenvalue weighted by Gasteiger charge is -2.19. The average molecular weight is 236 g/mol. The van der Waals surface area contributed by atoms with Crippen LogP contribution >= 0.6 is 0 Å². The minimum atomic E-state index is -3.46. The SMILES string of the molecule is COCCN(CCC#N)S(=O)(=O)CCO. The van der Waals surface area contributed by atoms with E-state index in [4.69, 9.17) is 15.1 Å². The average Bonchev–Trinajstić information content (AvgIpc) is 2.17. The van der Waals surface area contributed by atoms with E-state index >= 15 is 0 Å². The summed E-state index contributed by atoms with van der Waals surface area (Å²) in [5.74, 6) is -0.317. The quantitative estimate of drug-likeness (QED) is 0.594. The second-order valence-electron chi connectivity index (χ2n) is 2.84. The molecule has 0 bridgehead atoms. The number of hydrogen-bond donors (Lipinski definition) is 1. The summed E-state index contributed by atoms with van der Waals surface area (Å²) < 4.78 is 29.0. The van der Waals surface area contributed by atoms with E-state index in [0.29, 0.717) is 0 Å². The fourth-order valence-electron chi connectivity index (χ4n) is 1.00. The van der Waals surface area contributed by atoms with Crippen molar-refractivity contribution in [2.45, 2.75) is 6.42 Å². The molecule has 0 atom stereocenters. The van der Waals surface area contributed by atoms with Gasteiger partial charge in [0.05, 0.1) is 25.0 Å². The smallest absolute Gasteiger partial charge is 0.216 e. The summed E-state index contributed by atoms with van der Waals surface area (Å²) in [5.41, 5.74) is 0. The summed E-state index contributed by atoms with van der Waals surface area (Å²) in [5, 5.41) is 17.0. The molecule has 0 unspecified atom stereocenters. The van der Waals surface area contributed by atoms with E-state index in [9.17, 15) is 8.42 Å². The van der Waals surface area contributed by atoms with Crippen molar-refractivity contribution in [3.63, 3.8) is 0 Å². The molecule has 1 N–H and O–H groups in total. The molecule has 7 heteroatoms. The fourth-order valence-corrected chi connectivity index (χ4v) is 2.21. The molecular weight excluding hydrogens is 220 g/mol. The Morgan fingerprint density at radius 2 is 2.13 bits per heavy atom. The Morgan fingerprint density at radius 1 is 1.47 bits per heavy atom. The van der Waals surface area contributed by atoms with Gasteiger partial charge in [0.2, 0.25) is 10.0 Å². The lowest BCUT2D eigenvalue weighted by molar-refractivity contribution is 0.179. The highest BCUT2D eigenvalue weighted by molar-refractivity contribution is 7.89. The number of aliphatic hydroxyl groups is 1. The zero-order valence-corrected chi connectivity index (χ0v) is 9.53. The molecule has 0 amide bonds. The molecule has 0 fully saturated rings. The number of aliphatic hydroxyl groups excluding tert-OH is 1. The van der Waals surface area contributed by atoms with Gasteiger partial charge in [0, 0.05) is 26.6 Å². The maximum atomic E-state index is 11.5. The molecule has 0 rings (SSSR count). The molecule has 0 spiro atoms. The Labute approximate surface area is 90.1 Å². The predicted octanol–water partition coefficient (Wildman–Crippen LogP) is -0.829. The van der Waals surface area contributed by atoms with Crippen molar-refractivity contribution in [1.82, 2.24) is 4.31 Å². The normalized spacial score (nSPS) is 11.6. The lowest BCUT2D eigenvalue weighted by atomic mass is 10.4. The maximum Gasteiger partial charge on any atom is 0.216 e. The molecular formula is C8H16N2O4S. The molecule has 88 valence electrons. The number of hydrogen-bond acceptors (Lipinski definition) is 5. The molecule has 0 aromatic rings. The van der Waals surface area contributed by atoms with Crippen molar-refractivity contribution in [3.05, 3.63) is 0 Å². The lowest BCUT2D eigenvalue weighted by Crippen LogP contribution is -2.37. The van der Waals surface area contributed by atoms with E-state index in [0.717, 1.165) is 4.31 Å². The molecule has 0 aromatic carbocycles. The standard InChI is InChI=1S/C8H16N2O4S/c1-14-7-5-10(4-2-3-9)15(12,13)8-6-11/h11H,2,4-8H2,1H3. The van der Waals surface area contributed by atoms with Crippen molar-refractivity contribution >= 4 is 10.0 Å². The maximum absolute atomic E-state index is 11.5. The number of nitrogens with zero attached hydrogens (tertiary/aromatic N) is 2. The summed E-state index contributed by atoms with van der Waals surface area (Å²) in [6.45, 7) is 0.206. The van der Waals surface area contributed by atoms with E-state index in [1.807, 2.05) is 6.07 Å². The highest BCUT2D eigenvalue weighted by Crippen LogP contribution is 2.02. The van der Waals surface area contributed by atoms with Crippen LogP contribution in [0.3, 0.4) is 0 Å². The Bertz CT molecular complexity index is 296. The molecule has 15 heavy (non-hydrogen) atoms. The van der Waals surface area contributed by atoms with E-state index < -0.39 is 16.6 Å². The van der Waals surface area contributed by atoms with Crippen LogP contribution in [0.25, 0.3) is 0 Å². The molecule has 0 aliphatic heterocycles. The first-order valence-corrected chi connectivity index (χ1v) is 6.14. The first-order chi connectivity index (χ1) is 7.08. The molecule has 0 saturated heterocycles. The van der Waals surface area contributed by atoms with Crippen LogP contribution in [0.4, 0.5) is 0 Å². The van der Waals surface area contributed by atoms with Crippen LogP contribution in [0.15, 0.2) is 0 Å². The third-order valence-corrected chi connectivity index (χ3v) is 3.61. The van der Waals surface area contributed by atoms with Crippen LogP contribution in [0.1, 0.15) is 6.42 Å². The number of sulfonamides is 1. The van der Waals surface area contributed by atoms with Crippen molar-refractivity contribution in [2.24, 2.45) is 0 Å². The molecule has 0 aromatic heterocycles. The van der Waals surface area contributed by atoms with Gasteiger partial charge in [-0.15, -0.1) is 0 Å². The van der Waals surface area contributed by atoms with Gasteiger partial charge in [-0.3, -0.25) is 0 Å². The summed E-state index contributed by atoms with van der Waals surface area (Å²) >= 11 is 0. The van der Waals surface area contributed by atoms with Crippen molar-refractivity contribution in [1.29, 1.82) is 5.26 Å². The van der Waals surface area contributed by atoms with Crippen LogP contribution in [0.5, 0.6) is 0 Å². The number of nitriles is 1. The van der Waals surface area contributed by atoms with Gasteiger partial charge in [0.1, 0.15) is 0 Å². The summed E-state index contributed by atoms with van der Waals surface area (Å²) in [6, 6.07) is 1.88. The summed E-state index contributed by atoms with van der Waals surface area (Å²) in [7, 11) is -1.99. The number of methoxy groups -OCH3 is 1. The molecule has 6 nitrogen and oxygen atoms in total. The summed E-state index contributed by atoms with van der Waals surface area (Å²) in [4.78, 5) is 0. The Hall–Kier alpha value is -0.680. The zero-order valence-electron chi connectivity index (χ0n) is 8.72. The molecule has 0 radical (unpaired) electrons. The monoisotopic (exact) mass is 236 g/mol. The first-order valence-electron chi connectivity index (χ1n) is 4.53. The van der Waals surface area contributed by atoms with Crippen LogP contribution in [-0.2, 0) is 14.8 Å². The highest BCUT2D eigenvalue weighted by atomic mass is 32.2. The minimum absolute atomic E-state index is 0.133. The van der Waals surface area contributed by atoms with Gasteiger partial charge in [0.25, 0.3) is 0 Å². The van der Waals surface area contributed by atoms with Gasteiger partial charge < -0.3 is 9.84 Å². The van der Waals surface area contributed by atoms with Gasteiger partial charge in [-0.1, -0.05) is 0 Å². The zero-order chi connectivity index (χ0) is 11.7. The van der Waals surface area contributed by atoms with Crippen molar-refractivity contribution in [3.8, 4) is 6.07 Å². The minimum Gasteiger partial charge on any atom is -0.395 e. The molecule has 0 saturated carbocycles. The van der Waals surface area contributed by atoms with Crippen LogP contribution in [-0.4, -0.2) is 57.0 Å². The van der Waals surface area contributed by atoms with E-state index in [2.05, 4.69) is 0 Å². The Morgan fingerprint density at radius 3 is 2.60 bits per heavy atom. The fraction of sp³-hybridized carbons (Fsp3) is 0.875. The second-order valence-corrected chi connectivity index (χ2v) is 4.93. The van der Waals surface area contributed by atoms with Crippen molar-refractivity contribution in [2.75, 3.05) is 39.2 Å².